The topological polar surface area (TPSA) is 54.5 Å². The molecular formula is C20H31NO4. The summed E-state index contributed by atoms with van der Waals surface area (Å²) in [7, 11) is 0. The summed E-state index contributed by atoms with van der Waals surface area (Å²) < 4.78 is 10.8. The molecule has 0 bridgehead atoms. The lowest BCUT2D eigenvalue weighted by molar-refractivity contribution is -0.313. The van der Waals surface area contributed by atoms with Crippen molar-refractivity contribution in [2.45, 2.75) is 76.9 Å². The smallest absolute Gasteiger partial charge is 0.119 e. The second-order valence-corrected chi connectivity index (χ2v) is 8.56. The molecule has 0 saturated carbocycles. The molecular weight excluding hydrogens is 318 g/mol. The third-order valence-electron chi connectivity index (χ3n) is 5.02. The molecule has 1 aromatic rings. The second kappa shape index (κ2) is 6.88. The number of epoxide rings is 1. The van der Waals surface area contributed by atoms with Crippen LogP contribution in [0.1, 0.15) is 59.1 Å². The third kappa shape index (κ3) is 4.53. The van der Waals surface area contributed by atoms with E-state index < -0.39 is 0 Å². The summed E-state index contributed by atoms with van der Waals surface area (Å²) in [4.78, 5) is 6.37. The quantitative estimate of drug-likeness (QED) is 0.797. The number of aliphatic hydroxyl groups is 1. The maximum absolute atomic E-state index is 10.2. The van der Waals surface area contributed by atoms with Crippen LogP contribution < -0.4 is 4.74 Å². The molecule has 2 unspecified atom stereocenters. The van der Waals surface area contributed by atoms with Gasteiger partial charge in [0, 0.05) is 11.1 Å². The van der Waals surface area contributed by atoms with E-state index in [1.807, 2.05) is 24.3 Å². The first-order valence-corrected chi connectivity index (χ1v) is 9.17. The molecule has 140 valence electrons. The zero-order valence-electron chi connectivity index (χ0n) is 16.0. The van der Waals surface area contributed by atoms with Crippen LogP contribution in [-0.2, 0) is 9.57 Å². The van der Waals surface area contributed by atoms with Crippen molar-refractivity contribution in [3.05, 3.63) is 29.8 Å². The highest BCUT2D eigenvalue weighted by Crippen LogP contribution is 2.40. The Morgan fingerprint density at radius 3 is 2.24 bits per heavy atom. The highest BCUT2D eigenvalue weighted by atomic mass is 16.7. The number of hydrogen-bond acceptors (Lipinski definition) is 5. The van der Waals surface area contributed by atoms with E-state index in [4.69, 9.17) is 14.3 Å². The van der Waals surface area contributed by atoms with Crippen LogP contribution in [0, 0.1) is 0 Å². The van der Waals surface area contributed by atoms with Crippen molar-refractivity contribution in [1.82, 2.24) is 5.06 Å². The SMILES string of the molecule is CC(ON1C(C)(C)CC(O)CC1(C)C)c1ccc(OCC2CO2)cc1. The van der Waals surface area contributed by atoms with Crippen LogP contribution in [0.4, 0.5) is 0 Å². The Morgan fingerprint density at radius 1 is 1.16 bits per heavy atom. The number of aliphatic hydroxyl groups excluding tert-OH is 1. The molecule has 5 nitrogen and oxygen atoms in total. The van der Waals surface area contributed by atoms with Crippen LogP contribution in [0.5, 0.6) is 5.75 Å². The molecule has 2 saturated heterocycles. The molecule has 2 fully saturated rings. The molecule has 25 heavy (non-hydrogen) atoms. The van der Waals surface area contributed by atoms with E-state index in [0.29, 0.717) is 19.4 Å². The summed E-state index contributed by atoms with van der Waals surface area (Å²) in [6.45, 7) is 12.0. The van der Waals surface area contributed by atoms with Gasteiger partial charge in [0.25, 0.3) is 0 Å². The van der Waals surface area contributed by atoms with Gasteiger partial charge in [-0.3, -0.25) is 4.84 Å². The molecule has 2 heterocycles. The Kier molecular flexibility index (Phi) is 5.13. The van der Waals surface area contributed by atoms with Gasteiger partial charge in [-0.25, -0.2) is 0 Å². The average molecular weight is 349 g/mol. The highest BCUT2D eigenvalue weighted by molar-refractivity contribution is 5.28. The van der Waals surface area contributed by atoms with Crippen LogP contribution in [0.15, 0.2) is 24.3 Å². The first-order chi connectivity index (χ1) is 11.7. The van der Waals surface area contributed by atoms with Crippen molar-refractivity contribution in [2.24, 2.45) is 0 Å². The van der Waals surface area contributed by atoms with Crippen LogP contribution in [0.3, 0.4) is 0 Å². The second-order valence-electron chi connectivity index (χ2n) is 8.56. The summed E-state index contributed by atoms with van der Waals surface area (Å²) in [6.07, 6.45) is 1.32. The molecule has 0 aromatic heterocycles. The maximum Gasteiger partial charge on any atom is 0.119 e. The lowest BCUT2D eigenvalue weighted by Crippen LogP contribution is -2.61. The molecule has 0 radical (unpaired) electrons. The molecule has 5 heteroatoms. The predicted octanol–water partition coefficient (Wildman–Crippen LogP) is 3.47. The largest absolute Gasteiger partial charge is 0.491 e. The summed E-state index contributed by atoms with van der Waals surface area (Å²) in [5.41, 5.74) is 0.665. The van der Waals surface area contributed by atoms with Crippen LogP contribution >= 0.6 is 0 Å². The Balaban J connectivity index is 1.64. The average Bonchev–Trinajstić information content (AvgIpc) is 3.32. The van der Waals surface area contributed by atoms with E-state index in [2.05, 4.69) is 39.7 Å². The van der Waals surface area contributed by atoms with Crippen molar-refractivity contribution < 1.29 is 19.4 Å². The standard InChI is InChI=1S/C20H31NO4/c1-14(15-6-8-17(9-7-15)23-12-18-13-24-18)25-21-19(2,3)10-16(22)11-20(21,4)5/h6-9,14,16,18,22H,10-13H2,1-5H3. The summed E-state index contributed by atoms with van der Waals surface area (Å²) in [5, 5.41) is 12.2. The zero-order valence-corrected chi connectivity index (χ0v) is 16.0. The van der Waals surface area contributed by atoms with Gasteiger partial charge in [0.1, 0.15) is 24.6 Å². The number of rotatable bonds is 6. The molecule has 1 N–H and O–H groups in total. The number of nitrogens with zero attached hydrogens (tertiary/aromatic N) is 1. The molecule has 1 aromatic carbocycles. The number of piperidine rings is 1. The monoisotopic (exact) mass is 349 g/mol. The minimum absolute atomic E-state index is 0.0744. The fourth-order valence-corrected chi connectivity index (χ4v) is 3.90. The zero-order chi connectivity index (χ0) is 18.2. The van der Waals surface area contributed by atoms with Crippen molar-refractivity contribution in [3.63, 3.8) is 0 Å². The fourth-order valence-electron chi connectivity index (χ4n) is 3.90. The van der Waals surface area contributed by atoms with Crippen LogP contribution in [0.25, 0.3) is 0 Å². The molecule has 0 spiro atoms. The van der Waals surface area contributed by atoms with E-state index in [1.54, 1.807) is 0 Å². The molecule has 0 aliphatic carbocycles. The van der Waals surface area contributed by atoms with Gasteiger partial charge < -0.3 is 14.6 Å². The van der Waals surface area contributed by atoms with Gasteiger partial charge in [-0.15, -0.1) is 0 Å². The lowest BCUT2D eigenvalue weighted by Gasteiger charge is -2.53. The Labute approximate surface area is 150 Å². The van der Waals surface area contributed by atoms with E-state index in [-0.39, 0.29) is 29.4 Å². The van der Waals surface area contributed by atoms with Gasteiger partial charge in [-0.05, 0) is 65.2 Å². The fraction of sp³-hybridized carbons (Fsp3) is 0.700. The third-order valence-corrected chi connectivity index (χ3v) is 5.02. The van der Waals surface area contributed by atoms with Gasteiger partial charge in [0.05, 0.1) is 12.7 Å². The minimum atomic E-state index is -0.285. The molecule has 2 atom stereocenters. The number of hydrogen-bond donors (Lipinski definition) is 1. The van der Waals surface area contributed by atoms with E-state index in [9.17, 15) is 5.11 Å². The first-order valence-electron chi connectivity index (χ1n) is 9.17. The van der Waals surface area contributed by atoms with E-state index in [0.717, 1.165) is 17.9 Å². The van der Waals surface area contributed by atoms with Gasteiger partial charge >= 0.3 is 0 Å². The van der Waals surface area contributed by atoms with Gasteiger partial charge in [-0.1, -0.05) is 12.1 Å². The maximum atomic E-state index is 10.2. The summed E-state index contributed by atoms with van der Waals surface area (Å²) >= 11 is 0. The molecule has 3 rings (SSSR count). The van der Waals surface area contributed by atoms with Gasteiger partial charge in [-0.2, -0.15) is 5.06 Å². The van der Waals surface area contributed by atoms with Gasteiger partial charge in [0.2, 0.25) is 0 Å². The van der Waals surface area contributed by atoms with Crippen LogP contribution in [-0.4, -0.2) is 46.7 Å². The lowest BCUT2D eigenvalue weighted by atomic mass is 9.80. The number of ether oxygens (including phenoxy) is 2. The highest BCUT2D eigenvalue weighted by Gasteiger charge is 2.46. The van der Waals surface area contributed by atoms with Crippen molar-refractivity contribution >= 4 is 0 Å². The number of hydroxylamine groups is 2. The van der Waals surface area contributed by atoms with Crippen molar-refractivity contribution in [3.8, 4) is 5.75 Å². The summed E-state index contributed by atoms with van der Waals surface area (Å²) in [5.74, 6) is 0.855. The van der Waals surface area contributed by atoms with Gasteiger partial charge in [0.15, 0.2) is 0 Å². The molecule has 2 aliphatic rings. The van der Waals surface area contributed by atoms with Crippen LogP contribution in [0.2, 0.25) is 0 Å². The van der Waals surface area contributed by atoms with Crippen molar-refractivity contribution in [2.75, 3.05) is 13.2 Å². The Morgan fingerprint density at radius 2 is 1.72 bits per heavy atom. The summed E-state index contributed by atoms with van der Waals surface area (Å²) in [6, 6.07) is 8.06. The Bertz CT molecular complexity index is 562. The molecule has 2 aliphatic heterocycles. The number of benzene rings is 1. The van der Waals surface area contributed by atoms with E-state index in [1.165, 1.54) is 0 Å². The Hall–Kier alpha value is -1.14. The minimum Gasteiger partial charge on any atom is -0.491 e. The van der Waals surface area contributed by atoms with E-state index >= 15 is 0 Å². The first kappa shape index (κ1) is 18.6. The predicted molar refractivity (Wildman–Crippen MR) is 96.4 cm³/mol. The van der Waals surface area contributed by atoms with Crippen molar-refractivity contribution in [1.29, 1.82) is 0 Å². The normalized spacial score (nSPS) is 27.0. The molecule has 0 amide bonds.